The number of aliphatic imine (C=N–C) groups is 1. The molecule has 7 nitrogen and oxygen atoms in total. The molecule has 2 aliphatic heterocycles. The van der Waals surface area contributed by atoms with Crippen LogP contribution in [0.5, 0.6) is 11.5 Å². The van der Waals surface area contributed by atoms with E-state index in [9.17, 15) is 13.2 Å². The van der Waals surface area contributed by atoms with Gasteiger partial charge in [0.1, 0.15) is 0 Å². The second-order valence-corrected chi connectivity index (χ2v) is 11.6. The van der Waals surface area contributed by atoms with Crippen LogP contribution in [-0.4, -0.2) is 56.5 Å². The van der Waals surface area contributed by atoms with Crippen molar-refractivity contribution in [2.75, 3.05) is 30.6 Å². The van der Waals surface area contributed by atoms with Gasteiger partial charge in [-0.3, -0.25) is 4.79 Å². The van der Waals surface area contributed by atoms with Crippen LogP contribution < -0.4 is 14.4 Å². The summed E-state index contributed by atoms with van der Waals surface area (Å²) in [5, 5.41) is 1.04. The van der Waals surface area contributed by atoms with Crippen molar-refractivity contribution in [3.8, 4) is 11.5 Å². The zero-order valence-corrected chi connectivity index (χ0v) is 20.4. The van der Waals surface area contributed by atoms with Crippen molar-refractivity contribution in [3.63, 3.8) is 0 Å². The van der Waals surface area contributed by atoms with Crippen molar-refractivity contribution in [2.24, 2.45) is 4.99 Å². The number of hydrogen-bond acceptors (Lipinski definition) is 6. The Kier molecular flexibility index (Phi) is 6.63. The fraction of sp³-hybridized carbons (Fsp3) is 0.333. The molecule has 2 aromatic rings. The molecule has 0 saturated carbocycles. The van der Waals surface area contributed by atoms with Gasteiger partial charge < -0.3 is 14.4 Å². The molecule has 2 saturated heterocycles. The summed E-state index contributed by atoms with van der Waals surface area (Å²) in [4.78, 5) is 18.9. The molecule has 170 valence electrons. The number of rotatable bonds is 5. The molecule has 2 atom stereocenters. The Labute approximate surface area is 200 Å². The van der Waals surface area contributed by atoms with E-state index in [4.69, 9.17) is 32.7 Å². The molecule has 2 aromatic carbocycles. The highest BCUT2D eigenvalue weighted by molar-refractivity contribution is 8.16. The minimum absolute atomic E-state index is 0.0277. The first-order valence-corrected chi connectivity index (χ1v) is 13.1. The second-order valence-electron chi connectivity index (χ2n) is 7.42. The molecular formula is C21H20Cl2N2O5S2. The molecular weight excluding hydrogens is 495 g/mol. The van der Waals surface area contributed by atoms with Gasteiger partial charge in [0, 0.05) is 10.3 Å². The van der Waals surface area contributed by atoms with Crippen LogP contribution >= 0.6 is 35.0 Å². The first-order chi connectivity index (χ1) is 15.2. The Balaban J connectivity index is 1.65. The fourth-order valence-corrected chi connectivity index (χ4v) is 8.13. The number of halogens is 2. The lowest BCUT2D eigenvalue weighted by molar-refractivity contribution is -0.117. The highest BCUT2D eigenvalue weighted by atomic mass is 35.5. The van der Waals surface area contributed by atoms with E-state index < -0.39 is 9.84 Å². The summed E-state index contributed by atoms with van der Waals surface area (Å²) in [6, 6.07) is 9.81. The number of amides is 1. The zero-order chi connectivity index (χ0) is 23.0. The van der Waals surface area contributed by atoms with Crippen LogP contribution in [0.4, 0.5) is 5.69 Å². The summed E-state index contributed by atoms with van der Waals surface area (Å²) in [6.07, 6.45) is 0.0508. The molecule has 2 heterocycles. The highest BCUT2D eigenvalue weighted by Gasteiger charge is 2.49. The van der Waals surface area contributed by atoms with Gasteiger partial charge >= 0.3 is 0 Å². The maximum atomic E-state index is 12.8. The third kappa shape index (κ3) is 4.71. The molecule has 0 radical (unpaired) electrons. The van der Waals surface area contributed by atoms with Crippen molar-refractivity contribution in [3.05, 3.63) is 52.0 Å². The van der Waals surface area contributed by atoms with Crippen molar-refractivity contribution in [1.82, 2.24) is 0 Å². The Morgan fingerprint density at radius 3 is 2.59 bits per heavy atom. The third-order valence-corrected chi connectivity index (χ3v) is 9.02. The van der Waals surface area contributed by atoms with Crippen molar-refractivity contribution in [2.45, 2.75) is 17.7 Å². The predicted molar refractivity (Wildman–Crippen MR) is 128 cm³/mol. The number of anilines is 1. The molecule has 4 rings (SSSR count). The van der Waals surface area contributed by atoms with Gasteiger partial charge in [-0.1, -0.05) is 41.0 Å². The van der Waals surface area contributed by atoms with Gasteiger partial charge in [0.2, 0.25) is 0 Å². The number of amidine groups is 1. The maximum absolute atomic E-state index is 12.8. The van der Waals surface area contributed by atoms with E-state index in [2.05, 4.69) is 4.99 Å². The van der Waals surface area contributed by atoms with Gasteiger partial charge in [-0.15, -0.1) is 0 Å². The lowest BCUT2D eigenvalue weighted by Gasteiger charge is -2.25. The number of carbonyl (C=O) groups excluding carboxylic acids is 1. The average molecular weight is 515 g/mol. The SMILES string of the molecule is COc1ccc(CC(=O)N=C2S[C@H]3CS(=O)(=O)C[C@@H]3N2c2cc(Cl)ccc2Cl)cc1OC. The molecule has 0 N–H and O–H groups in total. The molecule has 0 bridgehead atoms. The van der Waals surface area contributed by atoms with E-state index in [-0.39, 0.29) is 35.1 Å². The first kappa shape index (κ1) is 23.2. The number of thioether (sulfide) groups is 1. The lowest BCUT2D eigenvalue weighted by atomic mass is 10.1. The largest absolute Gasteiger partial charge is 0.493 e. The molecule has 0 unspecified atom stereocenters. The van der Waals surface area contributed by atoms with Crippen molar-refractivity contribution < 1.29 is 22.7 Å². The molecule has 2 aliphatic rings. The highest BCUT2D eigenvalue weighted by Crippen LogP contribution is 2.43. The zero-order valence-electron chi connectivity index (χ0n) is 17.2. The van der Waals surface area contributed by atoms with Gasteiger partial charge in [-0.2, -0.15) is 4.99 Å². The Hall–Kier alpha value is -1.94. The number of sulfone groups is 1. The van der Waals surface area contributed by atoms with Crippen LogP contribution in [-0.2, 0) is 21.1 Å². The number of nitrogens with zero attached hydrogens (tertiary/aromatic N) is 2. The minimum Gasteiger partial charge on any atom is -0.493 e. The van der Waals surface area contributed by atoms with Crippen LogP contribution in [0.25, 0.3) is 0 Å². The van der Waals surface area contributed by atoms with Crippen LogP contribution in [0, 0.1) is 0 Å². The fourth-order valence-electron chi connectivity index (χ4n) is 3.83. The Bertz CT molecular complexity index is 1200. The third-order valence-electron chi connectivity index (χ3n) is 5.26. The van der Waals surface area contributed by atoms with Gasteiger partial charge in [-0.05, 0) is 35.9 Å². The summed E-state index contributed by atoms with van der Waals surface area (Å²) >= 11 is 13.9. The van der Waals surface area contributed by atoms with Crippen LogP contribution in [0.1, 0.15) is 5.56 Å². The number of carbonyl (C=O) groups is 1. The Morgan fingerprint density at radius 2 is 1.88 bits per heavy atom. The van der Waals surface area contributed by atoms with Gasteiger partial charge in [0.25, 0.3) is 5.91 Å². The predicted octanol–water partition coefficient (Wildman–Crippen LogP) is 3.85. The van der Waals surface area contributed by atoms with E-state index in [0.29, 0.717) is 32.4 Å². The molecule has 11 heteroatoms. The van der Waals surface area contributed by atoms with Crippen molar-refractivity contribution in [1.29, 1.82) is 0 Å². The molecule has 0 aliphatic carbocycles. The first-order valence-electron chi connectivity index (χ1n) is 9.64. The molecule has 0 spiro atoms. The summed E-state index contributed by atoms with van der Waals surface area (Å²) < 4.78 is 35.0. The number of methoxy groups -OCH3 is 2. The average Bonchev–Trinajstić information content (AvgIpc) is 3.20. The maximum Gasteiger partial charge on any atom is 0.252 e. The molecule has 32 heavy (non-hydrogen) atoms. The number of benzene rings is 2. The molecule has 2 fully saturated rings. The summed E-state index contributed by atoms with van der Waals surface area (Å²) in [5.41, 5.74) is 1.25. The topological polar surface area (TPSA) is 85.3 Å². The molecule has 0 aromatic heterocycles. The van der Waals surface area contributed by atoms with E-state index in [1.54, 1.807) is 48.4 Å². The standard InChI is InChI=1S/C21H20Cl2N2O5S2/c1-29-17-6-3-12(7-18(17)30-2)8-20(26)24-21-25(15-9-13(22)4-5-14(15)23)16-10-32(27,28)11-19(16)31-21/h3-7,9,16,19H,8,10-11H2,1-2H3/t16-,19-/m0/s1. The smallest absolute Gasteiger partial charge is 0.252 e. The lowest BCUT2D eigenvalue weighted by Crippen LogP contribution is -2.38. The number of ether oxygens (including phenoxy) is 2. The van der Waals surface area contributed by atoms with E-state index in [1.807, 2.05) is 0 Å². The van der Waals surface area contributed by atoms with Crippen LogP contribution in [0.3, 0.4) is 0 Å². The van der Waals surface area contributed by atoms with E-state index in [1.165, 1.54) is 18.9 Å². The number of fused-ring (bicyclic) bond motifs is 1. The van der Waals surface area contributed by atoms with Gasteiger partial charge in [0.05, 0.1) is 48.9 Å². The molecule has 1 amide bonds. The normalized spacial score (nSPS) is 22.8. The van der Waals surface area contributed by atoms with Crippen molar-refractivity contribution >= 4 is 61.6 Å². The van der Waals surface area contributed by atoms with E-state index >= 15 is 0 Å². The van der Waals surface area contributed by atoms with Gasteiger partial charge in [-0.25, -0.2) is 8.42 Å². The van der Waals surface area contributed by atoms with E-state index in [0.717, 1.165) is 5.56 Å². The summed E-state index contributed by atoms with van der Waals surface area (Å²) in [5.74, 6) is 0.715. The van der Waals surface area contributed by atoms with Crippen LogP contribution in [0.15, 0.2) is 41.4 Å². The Morgan fingerprint density at radius 1 is 1.12 bits per heavy atom. The summed E-state index contributed by atoms with van der Waals surface area (Å²) in [6.45, 7) is 0. The summed E-state index contributed by atoms with van der Waals surface area (Å²) in [7, 11) is -0.122. The van der Waals surface area contributed by atoms with Gasteiger partial charge in [0.15, 0.2) is 26.5 Å². The monoisotopic (exact) mass is 514 g/mol. The van der Waals surface area contributed by atoms with Crippen LogP contribution in [0.2, 0.25) is 10.0 Å². The second kappa shape index (κ2) is 9.13. The quantitative estimate of drug-likeness (QED) is 0.598. The minimum atomic E-state index is -3.19. The number of hydrogen-bond donors (Lipinski definition) is 0.